The first-order valence-electron chi connectivity index (χ1n) is 16.6. The minimum Gasteiger partial charge on any atom is -0.480 e. The molecule has 0 unspecified atom stereocenters. The van der Waals surface area contributed by atoms with Gasteiger partial charge in [-0.1, -0.05) is 32.4 Å². The summed E-state index contributed by atoms with van der Waals surface area (Å²) in [4.78, 5) is 97.2. The molecule has 19 nitrogen and oxygen atoms in total. The highest BCUT2D eigenvalue weighted by molar-refractivity contribution is 7.46. The van der Waals surface area contributed by atoms with Crippen molar-refractivity contribution in [2.24, 2.45) is 5.92 Å². The molecule has 0 spiro atoms. The summed E-state index contributed by atoms with van der Waals surface area (Å²) < 4.78 is 15.8. The van der Waals surface area contributed by atoms with Gasteiger partial charge in [0.1, 0.15) is 36.0 Å². The van der Waals surface area contributed by atoms with Gasteiger partial charge in [0.25, 0.3) is 0 Å². The summed E-state index contributed by atoms with van der Waals surface area (Å²) in [6.45, 7) is 2.42. The smallest absolute Gasteiger partial charge is 0.480 e. The van der Waals surface area contributed by atoms with E-state index in [1.807, 2.05) is 6.92 Å². The third-order valence-electron chi connectivity index (χ3n) is 8.82. The van der Waals surface area contributed by atoms with Crippen molar-refractivity contribution in [3.05, 3.63) is 29.8 Å². The van der Waals surface area contributed by atoms with E-state index in [4.69, 9.17) is 9.79 Å². The van der Waals surface area contributed by atoms with Crippen molar-refractivity contribution in [3.8, 4) is 5.75 Å². The molecule has 284 valence electrons. The molecule has 5 amide bonds. The quantitative estimate of drug-likeness (QED) is 0.0696. The average molecular weight is 743 g/mol. The topological polar surface area (TPSA) is 293 Å². The van der Waals surface area contributed by atoms with E-state index in [0.29, 0.717) is 31.4 Å². The molecule has 0 aliphatic carbocycles. The number of hydrogen-bond donors (Lipinski definition) is 10. The molecule has 0 saturated carbocycles. The van der Waals surface area contributed by atoms with Crippen LogP contribution in [0.5, 0.6) is 5.75 Å². The Bertz CT molecular complexity index is 1450. The van der Waals surface area contributed by atoms with Gasteiger partial charge in [0.05, 0.1) is 19.3 Å². The van der Waals surface area contributed by atoms with Gasteiger partial charge in [0.2, 0.25) is 29.5 Å². The molecule has 20 heteroatoms. The van der Waals surface area contributed by atoms with Crippen molar-refractivity contribution in [3.63, 3.8) is 0 Å². The number of hydrogen-bond acceptors (Lipinski definition) is 11. The van der Waals surface area contributed by atoms with Crippen molar-refractivity contribution in [2.75, 3.05) is 26.3 Å². The Labute approximate surface area is 294 Å². The van der Waals surface area contributed by atoms with Crippen LogP contribution in [0.1, 0.15) is 51.5 Å². The van der Waals surface area contributed by atoms with Crippen LogP contribution in [-0.2, 0) is 39.8 Å². The second kappa shape index (κ2) is 18.9. The third-order valence-corrected chi connectivity index (χ3v) is 9.27. The zero-order valence-electron chi connectivity index (χ0n) is 28.3. The summed E-state index contributed by atoms with van der Waals surface area (Å²) in [7, 11) is -4.86. The molecule has 2 aliphatic rings. The highest BCUT2D eigenvalue weighted by atomic mass is 31.2. The molecule has 2 heterocycles. The Morgan fingerprint density at radius 1 is 0.902 bits per heavy atom. The Morgan fingerprint density at radius 2 is 1.51 bits per heavy atom. The van der Waals surface area contributed by atoms with Gasteiger partial charge in [-0.05, 0) is 55.8 Å². The maximum Gasteiger partial charge on any atom is 0.524 e. The first-order valence-corrected chi connectivity index (χ1v) is 18.1. The number of nitrogens with zero attached hydrogens (tertiary/aromatic N) is 1. The molecule has 10 N–H and O–H groups in total. The molecule has 2 fully saturated rings. The normalized spacial score (nSPS) is 20.3. The molecule has 2 aliphatic heterocycles. The van der Waals surface area contributed by atoms with Crippen LogP contribution in [0, 0.1) is 5.92 Å². The number of rotatable bonds is 18. The minimum absolute atomic E-state index is 0.0887. The molecule has 2 saturated heterocycles. The SMILES string of the molecule is CC[C@H](C)[C@H](NC(=O)[C@@H]1CCCN1)C(=O)N[C@@H](Cc1ccc(OP(=O)(O)O)cc1)C(=O)N[C@@H](CO)C(=O)N[C@@H](CO)C(=O)N1CCC[C@H]1C(=O)O. The number of carboxylic acid groups (broad SMARTS) is 1. The molecule has 0 aromatic heterocycles. The van der Waals surface area contributed by atoms with Gasteiger partial charge in [-0.25, -0.2) is 9.36 Å². The largest absolute Gasteiger partial charge is 0.524 e. The molecule has 0 bridgehead atoms. The van der Waals surface area contributed by atoms with Gasteiger partial charge in [-0.15, -0.1) is 0 Å². The fraction of sp³-hybridized carbons (Fsp3) is 0.613. The number of aliphatic hydroxyl groups excluding tert-OH is 2. The van der Waals surface area contributed by atoms with Crippen molar-refractivity contribution in [1.29, 1.82) is 0 Å². The lowest BCUT2D eigenvalue weighted by Gasteiger charge is -2.29. The number of aliphatic carboxylic acids is 1. The van der Waals surface area contributed by atoms with Gasteiger partial charge in [-0.2, -0.15) is 0 Å². The maximum atomic E-state index is 13.7. The van der Waals surface area contributed by atoms with Crippen molar-refractivity contribution in [1.82, 2.24) is 31.5 Å². The van der Waals surface area contributed by atoms with Gasteiger partial charge >= 0.3 is 13.8 Å². The highest BCUT2D eigenvalue weighted by Crippen LogP contribution is 2.37. The first kappa shape index (κ1) is 41.3. The van der Waals surface area contributed by atoms with E-state index in [0.717, 1.165) is 11.3 Å². The van der Waals surface area contributed by atoms with E-state index in [-0.39, 0.29) is 37.0 Å². The predicted octanol–water partition coefficient (Wildman–Crippen LogP) is -2.50. The Kier molecular flexibility index (Phi) is 15.3. The van der Waals surface area contributed by atoms with Gasteiger partial charge < -0.3 is 51.3 Å². The lowest BCUT2D eigenvalue weighted by Crippen LogP contribution is -2.61. The van der Waals surface area contributed by atoms with Gasteiger partial charge in [0.15, 0.2) is 0 Å². The number of amides is 5. The standard InChI is InChI=1S/C31H47N6O13P/c1-3-17(2)25(36-26(40)20-6-4-12-32-20)29(43)33-21(14-18-8-10-19(11-9-18)50-51(47,48)49)27(41)34-22(15-38)28(42)35-23(16-39)30(44)37-13-5-7-24(37)31(45)46/h8-11,17,20-25,32,38-39H,3-7,12-16H2,1-2H3,(H,33,43)(H,34,41)(H,35,42)(H,36,40)(H,45,46)(H2,47,48,49)/t17-,20-,21-,22-,23-,24-,25-/m0/s1. The molecular weight excluding hydrogens is 695 g/mol. The lowest BCUT2D eigenvalue weighted by molar-refractivity contribution is -0.150. The lowest BCUT2D eigenvalue weighted by atomic mass is 9.96. The number of benzene rings is 1. The summed E-state index contributed by atoms with van der Waals surface area (Å²) >= 11 is 0. The zero-order valence-corrected chi connectivity index (χ0v) is 29.2. The summed E-state index contributed by atoms with van der Waals surface area (Å²) in [5, 5.41) is 42.3. The second-order valence-corrected chi connectivity index (χ2v) is 13.7. The summed E-state index contributed by atoms with van der Waals surface area (Å²) in [6.07, 6.45) is 2.20. The van der Waals surface area contributed by atoms with E-state index in [9.17, 15) is 48.7 Å². The number of carbonyl (C=O) groups excluding carboxylic acids is 5. The first-order chi connectivity index (χ1) is 24.1. The van der Waals surface area contributed by atoms with E-state index in [1.54, 1.807) is 6.92 Å². The van der Waals surface area contributed by atoms with Crippen molar-refractivity contribution < 1.29 is 63.0 Å². The summed E-state index contributed by atoms with van der Waals surface area (Å²) in [5.74, 6) is -5.80. The number of carboxylic acids is 1. The van der Waals surface area contributed by atoms with Crippen LogP contribution >= 0.6 is 7.82 Å². The van der Waals surface area contributed by atoms with Crippen LogP contribution in [0.4, 0.5) is 0 Å². The Morgan fingerprint density at radius 3 is 2.06 bits per heavy atom. The van der Waals surface area contributed by atoms with Gasteiger partial charge in [0, 0.05) is 13.0 Å². The van der Waals surface area contributed by atoms with E-state index < -0.39 is 86.9 Å². The number of likely N-dealkylation sites (tertiary alicyclic amines) is 1. The van der Waals surface area contributed by atoms with E-state index in [2.05, 4.69) is 31.1 Å². The van der Waals surface area contributed by atoms with E-state index in [1.165, 1.54) is 24.3 Å². The molecule has 1 aromatic carbocycles. The molecule has 51 heavy (non-hydrogen) atoms. The fourth-order valence-corrected chi connectivity index (χ4v) is 6.20. The maximum absolute atomic E-state index is 13.7. The van der Waals surface area contributed by atoms with Crippen LogP contribution < -0.4 is 31.1 Å². The van der Waals surface area contributed by atoms with Crippen molar-refractivity contribution in [2.45, 2.75) is 88.6 Å². The van der Waals surface area contributed by atoms with Crippen molar-refractivity contribution >= 4 is 43.3 Å². The van der Waals surface area contributed by atoms with Crippen LogP contribution in [0.2, 0.25) is 0 Å². The predicted molar refractivity (Wildman–Crippen MR) is 178 cm³/mol. The number of phosphoric ester groups is 1. The van der Waals surface area contributed by atoms with Crippen LogP contribution in [0.3, 0.4) is 0 Å². The average Bonchev–Trinajstić information content (AvgIpc) is 3.81. The van der Waals surface area contributed by atoms with Crippen LogP contribution in [0.25, 0.3) is 0 Å². The van der Waals surface area contributed by atoms with Crippen LogP contribution in [-0.4, -0.2) is 128 Å². The Hall–Kier alpha value is -4.13. The zero-order chi connectivity index (χ0) is 37.9. The van der Waals surface area contributed by atoms with Crippen LogP contribution in [0.15, 0.2) is 24.3 Å². The number of aliphatic hydroxyl groups is 2. The Balaban J connectivity index is 1.81. The third kappa shape index (κ3) is 12.0. The molecule has 3 rings (SSSR count). The molecule has 1 aromatic rings. The molecule has 0 radical (unpaired) electrons. The number of phosphoric acid groups is 1. The summed E-state index contributed by atoms with van der Waals surface area (Å²) in [5.41, 5.74) is 0.377. The number of carbonyl (C=O) groups is 6. The van der Waals surface area contributed by atoms with E-state index >= 15 is 0 Å². The molecule has 7 atom stereocenters. The second-order valence-electron chi connectivity index (χ2n) is 12.5. The molecular formula is C31H47N6O13P. The fourth-order valence-electron chi connectivity index (χ4n) is 5.81. The van der Waals surface area contributed by atoms with Gasteiger partial charge in [-0.3, -0.25) is 33.8 Å². The minimum atomic E-state index is -4.86. The summed E-state index contributed by atoms with van der Waals surface area (Å²) in [6, 6.07) is -2.17. The number of nitrogens with one attached hydrogen (secondary N) is 5. The monoisotopic (exact) mass is 742 g/mol. The highest BCUT2D eigenvalue weighted by Gasteiger charge is 2.39.